The third-order valence-corrected chi connectivity index (χ3v) is 2.12. The molecule has 0 aliphatic rings. The molecule has 0 aromatic heterocycles. The zero-order valence-electron chi connectivity index (χ0n) is 7.54. The van der Waals surface area contributed by atoms with Crippen molar-refractivity contribution in [3.8, 4) is 6.07 Å². The number of rotatable bonds is 2. The van der Waals surface area contributed by atoms with Crippen molar-refractivity contribution in [3.63, 3.8) is 0 Å². The van der Waals surface area contributed by atoms with Crippen LogP contribution in [0.1, 0.15) is 30.4 Å². The Balaban J connectivity index is 2.88. The van der Waals surface area contributed by atoms with Gasteiger partial charge in [-0.3, -0.25) is 0 Å². The predicted octanol–water partition coefficient (Wildman–Crippen LogP) is 3.01. The summed E-state index contributed by atoms with van der Waals surface area (Å²) in [5, 5.41) is 8.54. The Bertz CT molecular complexity index is 296. The van der Waals surface area contributed by atoms with Gasteiger partial charge in [-0.25, -0.2) is 0 Å². The molecule has 0 fully saturated rings. The summed E-state index contributed by atoms with van der Waals surface area (Å²) in [6.45, 7) is 4.18. The zero-order valence-corrected chi connectivity index (χ0v) is 7.54. The molecule has 0 aliphatic heterocycles. The van der Waals surface area contributed by atoms with Gasteiger partial charge in [0.05, 0.1) is 6.07 Å². The molecule has 0 N–H and O–H groups in total. The summed E-state index contributed by atoms with van der Waals surface area (Å²) in [4.78, 5) is 0. The lowest BCUT2D eigenvalue weighted by Gasteiger charge is -2.09. The number of nitrogens with zero attached hydrogens (tertiary/aromatic N) is 1. The lowest BCUT2D eigenvalue weighted by atomic mass is 9.94. The van der Waals surface area contributed by atoms with Crippen molar-refractivity contribution in [1.29, 1.82) is 5.26 Å². The van der Waals surface area contributed by atoms with Crippen LogP contribution in [0.15, 0.2) is 24.3 Å². The molecule has 0 saturated heterocycles. The van der Waals surface area contributed by atoms with Crippen molar-refractivity contribution in [2.75, 3.05) is 0 Å². The highest BCUT2D eigenvalue weighted by molar-refractivity contribution is 5.29. The van der Waals surface area contributed by atoms with Crippen molar-refractivity contribution in [2.45, 2.75) is 26.2 Å². The molecule has 0 saturated carbocycles. The topological polar surface area (TPSA) is 23.8 Å². The Morgan fingerprint density at radius 3 is 2.67 bits per heavy atom. The summed E-state index contributed by atoms with van der Waals surface area (Å²) >= 11 is 0. The molecule has 0 amide bonds. The highest BCUT2D eigenvalue weighted by Gasteiger charge is 2.05. The Labute approximate surface area is 73.6 Å². The normalized spacial score (nSPS) is 12.1. The molecule has 0 radical (unpaired) electrons. The van der Waals surface area contributed by atoms with E-state index in [0.29, 0.717) is 12.3 Å². The first-order valence-corrected chi connectivity index (χ1v) is 4.18. The summed E-state index contributed by atoms with van der Waals surface area (Å²) in [6, 6.07) is 10.4. The standard InChI is InChI=1S/C11H13N/c1-9-5-3-4-6-11(9)10(2)7-8-12/h3-6,10H,7H2,1-2H3/t10-/m1/s1. The molecule has 0 bridgehead atoms. The molecule has 1 rings (SSSR count). The van der Waals surface area contributed by atoms with Gasteiger partial charge < -0.3 is 0 Å². The molecule has 0 spiro atoms. The van der Waals surface area contributed by atoms with Crippen LogP contribution >= 0.6 is 0 Å². The quantitative estimate of drug-likeness (QED) is 0.650. The van der Waals surface area contributed by atoms with E-state index >= 15 is 0 Å². The van der Waals surface area contributed by atoms with E-state index in [1.54, 1.807) is 0 Å². The van der Waals surface area contributed by atoms with Crippen LogP contribution in [0.5, 0.6) is 0 Å². The van der Waals surface area contributed by atoms with Crippen LogP contribution in [-0.4, -0.2) is 0 Å². The van der Waals surface area contributed by atoms with Crippen LogP contribution in [0, 0.1) is 18.3 Å². The van der Waals surface area contributed by atoms with Crippen LogP contribution < -0.4 is 0 Å². The van der Waals surface area contributed by atoms with Gasteiger partial charge in [0.1, 0.15) is 0 Å². The number of hydrogen-bond acceptors (Lipinski definition) is 1. The van der Waals surface area contributed by atoms with Crippen molar-refractivity contribution in [2.24, 2.45) is 0 Å². The third-order valence-electron chi connectivity index (χ3n) is 2.12. The fraction of sp³-hybridized carbons (Fsp3) is 0.364. The minimum Gasteiger partial charge on any atom is -0.198 e. The molecule has 1 aromatic rings. The fourth-order valence-electron chi connectivity index (χ4n) is 1.39. The molecular formula is C11H13N. The Morgan fingerprint density at radius 2 is 2.08 bits per heavy atom. The third kappa shape index (κ3) is 1.85. The Hall–Kier alpha value is -1.29. The predicted molar refractivity (Wildman–Crippen MR) is 49.8 cm³/mol. The van der Waals surface area contributed by atoms with E-state index in [1.165, 1.54) is 11.1 Å². The van der Waals surface area contributed by atoms with Crippen molar-refractivity contribution >= 4 is 0 Å². The zero-order chi connectivity index (χ0) is 8.97. The molecule has 0 aliphatic carbocycles. The van der Waals surface area contributed by atoms with E-state index < -0.39 is 0 Å². The van der Waals surface area contributed by atoms with Gasteiger partial charge in [-0.05, 0) is 24.0 Å². The van der Waals surface area contributed by atoms with Crippen molar-refractivity contribution in [3.05, 3.63) is 35.4 Å². The average Bonchev–Trinajstić information content (AvgIpc) is 2.05. The maximum absolute atomic E-state index is 8.54. The van der Waals surface area contributed by atoms with Crippen LogP contribution in [0.2, 0.25) is 0 Å². The Kier molecular flexibility index (Phi) is 2.88. The first-order chi connectivity index (χ1) is 5.75. The van der Waals surface area contributed by atoms with Gasteiger partial charge in [0, 0.05) is 6.42 Å². The summed E-state index contributed by atoms with van der Waals surface area (Å²) < 4.78 is 0. The first-order valence-electron chi connectivity index (χ1n) is 4.18. The van der Waals surface area contributed by atoms with E-state index in [-0.39, 0.29) is 0 Å². The van der Waals surface area contributed by atoms with Gasteiger partial charge in [0.15, 0.2) is 0 Å². The minimum atomic E-state index is 0.358. The Morgan fingerprint density at radius 1 is 1.42 bits per heavy atom. The highest BCUT2D eigenvalue weighted by atomic mass is 14.2. The molecule has 1 aromatic carbocycles. The fourth-order valence-corrected chi connectivity index (χ4v) is 1.39. The minimum absolute atomic E-state index is 0.358. The molecule has 1 atom stereocenters. The number of nitriles is 1. The average molecular weight is 159 g/mol. The van der Waals surface area contributed by atoms with E-state index in [4.69, 9.17) is 5.26 Å². The van der Waals surface area contributed by atoms with Crippen LogP contribution in [0.25, 0.3) is 0 Å². The largest absolute Gasteiger partial charge is 0.198 e. The smallest absolute Gasteiger partial charge is 0.0628 e. The second-order valence-corrected chi connectivity index (χ2v) is 3.12. The second kappa shape index (κ2) is 3.92. The van der Waals surface area contributed by atoms with Gasteiger partial charge in [0.2, 0.25) is 0 Å². The van der Waals surface area contributed by atoms with Crippen LogP contribution in [0.4, 0.5) is 0 Å². The molecule has 1 nitrogen and oxygen atoms in total. The highest BCUT2D eigenvalue weighted by Crippen LogP contribution is 2.21. The molecule has 12 heavy (non-hydrogen) atoms. The molecule has 62 valence electrons. The monoisotopic (exact) mass is 159 g/mol. The maximum Gasteiger partial charge on any atom is 0.0628 e. The van der Waals surface area contributed by atoms with Gasteiger partial charge in [-0.2, -0.15) is 5.26 Å². The second-order valence-electron chi connectivity index (χ2n) is 3.12. The van der Waals surface area contributed by atoms with Gasteiger partial charge >= 0.3 is 0 Å². The van der Waals surface area contributed by atoms with Gasteiger partial charge in [0.25, 0.3) is 0 Å². The molecule has 0 unspecified atom stereocenters. The molecule has 0 heterocycles. The number of benzene rings is 1. The van der Waals surface area contributed by atoms with E-state index in [1.807, 2.05) is 12.1 Å². The lowest BCUT2D eigenvalue weighted by molar-refractivity contribution is 0.782. The van der Waals surface area contributed by atoms with E-state index in [9.17, 15) is 0 Å². The SMILES string of the molecule is Cc1ccccc1[C@H](C)CC#N. The maximum atomic E-state index is 8.54. The first kappa shape index (κ1) is 8.80. The van der Waals surface area contributed by atoms with Crippen LogP contribution in [-0.2, 0) is 0 Å². The summed E-state index contributed by atoms with van der Waals surface area (Å²) in [5.74, 6) is 0.358. The van der Waals surface area contributed by atoms with E-state index in [2.05, 4.69) is 32.0 Å². The summed E-state index contributed by atoms with van der Waals surface area (Å²) in [6.07, 6.45) is 0.602. The van der Waals surface area contributed by atoms with Gasteiger partial charge in [-0.1, -0.05) is 31.2 Å². The van der Waals surface area contributed by atoms with Crippen LogP contribution in [0.3, 0.4) is 0 Å². The van der Waals surface area contributed by atoms with Crippen molar-refractivity contribution in [1.82, 2.24) is 0 Å². The van der Waals surface area contributed by atoms with Crippen molar-refractivity contribution < 1.29 is 0 Å². The summed E-state index contributed by atoms with van der Waals surface area (Å²) in [7, 11) is 0. The van der Waals surface area contributed by atoms with E-state index in [0.717, 1.165) is 0 Å². The molecular weight excluding hydrogens is 146 g/mol. The lowest BCUT2D eigenvalue weighted by Crippen LogP contribution is -1.94. The number of aryl methyl sites for hydroxylation is 1. The molecule has 1 heteroatoms. The number of hydrogen-bond donors (Lipinski definition) is 0. The summed E-state index contributed by atoms with van der Waals surface area (Å²) in [5.41, 5.74) is 2.57. The van der Waals surface area contributed by atoms with Gasteiger partial charge in [-0.15, -0.1) is 0 Å².